The third kappa shape index (κ3) is 1.37. The highest BCUT2D eigenvalue weighted by Crippen LogP contribution is 2.34. The van der Waals surface area contributed by atoms with Gasteiger partial charge in [0.2, 0.25) is 0 Å². The van der Waals surface area contributed by atoms with Crippen LogP contribution in [-0.2, 0) is 4.79 Å². The minimum Gasteiger partial charge on any atom is -0.478 e. The predicted octanol–water partition coefficient (Wildman–Crippen LogP) is 1.60. The highest BCUT2D eigenvalue weighted by molar-refractivity contribution is 5.77. The smallest absolute Gasteiger partial charge is 0.349 e. The second kappa shape index (κ2) is 2.76. The molecule has 1 aromatic rings. The van der Waals surface area contributed by atoms with Crippen LogP contribution in [0.5, 0.6) is 11.5 Å². The molecule has 1 aliphatic heterocycles. The predicted molar refractivity (Wildman–Crippen MR) is 47.0 cm³/mol. The maximum atomic E-state index is 10.9. The lowest BCUT2D eigenvalue weighted by atomic mass is 10.1. The number of hydrogen-bond donors (Lipinski definition) is 0. The molecule has 0 atom stereocenters. The Kier molecular flexibility index (Phi) is 1.72. The van der Waals surface area contributed by atoms with Gasteiger partial charge in [-0.2, -0.15) is 0 Å². The molecule has 3 nitrogen and oxygen atoms in total. The van der Waals surface area contributed by atoms with Crippen molar-refractivity contribution in [2.45, 2.75) is 13.8 Å². The number of ether oxygens (including phenoxy) is 2. The van der Waals surface area contributed by atoms with Gasteiger partial charge >= 0.3 is 5.97 Å². The first-order chi connectivity index (χ1) is 6.16. The minimum absolute atomic E-state index is 0.00981. The SMILES string of the molecule is Cc1cc(C)c2c(c1)OCC(=O)O2. The van der Waals surface area contributed by atoms with Crippen molar-refractivity contribution in [3.63, 3.8) is 0 Å². The molecule has 1 heterocycles. The summed E-state index contributed by atoms with van der Waals surface area (Å²) in [5.74, 6) is 0.887. The molecule has 3 heteroatoms. The van der Waals surface area contributed by atoms with E-state index >= 15 is 0 Å². The molecule has 0 amide bonds. The van der Waals surface area contributed by atoms with Crippen molar-refractivity contribution in [3.8, 4) is 11.5 Å². The first-order valence-electron chi connectivity index (χ1n) is 4.11. The number of carbonyl (C=O) groups excluding carboxylic acids is 1. The molecule has 0 fully saturated rings. The standard InChI is InChI=1S/C10H10O3/c1-6-3-7(2)10-8(4-6)12-5-9(11)13-10/h3-4H,5H2,1-2H3. The zero-order valence-electron chi connectivity index (χ0n) is 7.59. The second-order valence-electron chi connectivity index (χ2n) is 3.17. The Hall–Kier alpha value is -1.51. The molecule has 68 valence electrons. The van der Waals surface area contributed by atoms with Crippen molar-refractivity contribution >= 4 is 5.97 Å². The van der Waals surface area contributed by atoms with E-state index in [0.717, 1.165) is 11.1 Å². The van der Waals surface area contributed by atoms with Gasteiger partial charge in [0, 0.05) is 0 Å². The molecule has 13 heavy (non-hydrogen) atoms. The number of fused-ring (bicyclic) bond motifs is 1. The number of rotatable bonds is 0. The molecule has 0 N–H and O–H groups in total. The monoisotopic (exact) mass is 178 g/mol. The van der Waals surface area contributed by atoms with E-state index in [2.05, 4.69) is 0 Å². The van der Waals surface area contributed by atoms with Gasteiger partial charge in [0.15, 0.2) is 18.1 Å². The van der Waals surface area contributed by atoms with E-state index in [-0.39, 0.29) is 12.6 Å². The molecule has 0 spiro atoms. The molecule has 0 unspecified atom stereocenters. The van der Waals surface area contributed by atoms with Crippen LogP contribution in [0.15, 0.2) is 12.1 Å². The summed E-state index contributed by atoms with van der Waals surface area (Å²) in [5.41, 5.74) is 2.04. The largest absolute Gasteiger partial charge is 0.478 e. The Balaban J connectivity index is 2.53. The summed E-state index contributed by atoms with van der Waals surface area (Å²) in [7, 11) is 0. The summed E-state index contributed by atoms with van der Waals surface area (Å²) in [6.45, 7) is 3.89. The number of hydrogen-bond acceptors (Lipinski definition) is 3. The molecular weight excluding hydrogens is 168 g/mol. The molecule has 2 rings (SSSR count). The maximum Gasteiger partial charge on any atom is 0.349 e. The second-order valence-corrected chi connectivity index (χ2v) is 3.17. The van der Waals surface area contributed by atoms with E-state index in [9.17, 15) is 4.79 Å². The molecule has 1 aromatic carbocycles. The van der Waals surface area contributed by atoms with Crippen LogP contribution in [0.3, 0.4) is 0 Å². The van der Waals surface area contributed by atoms with Crippen molar-refractivity contribution in [1.82, 2.24) is 0 Å². The molecule has 1 aliphatic rings. The van der Waals surface area contributed by atoms with Crippen molar-refractivity contribution in [1.29, 1.82) is 0 Å². The van der Waals surface area contributed by atoms with E-state index in [1.165, 1.54) is 0 Å². The van der Waals surface area contributed by atoms with Crippen LogP contribution < -0.4 is 9.47 Å². The van der Waals surface area contributed by atoms with Crippen LogP contribution in [0.25, 0.3) is 0 Å². The fraction of sp³-hybridized carbons (Fsp3) is 0.300. The third-order valence-corrected chi connectivity index (χ3v) is 1.95. The summed E-state index contributed by atoms with van der Waals surface area (Å²) in [6.07, 6.45) is 0. The minimum atomic E-state index is -0.334. The Bertz CT molecular complexity index is 369. The first-order valence-corrected chi connectivity index (χ1v) is 4.11. The van der Waals surface area contributed by atoms with Crippen LogP contribution >= 0.6 is 0 Å². The van der Waals surface area contributed by atoms with Gasteiger partial charge in [-0.3, -0.25) is 0 Å². The number of esters is 1. The van der Waals surface area contributed by atoms with Gasteiger partial charge in [-0.1, -0.05) is 6.07 Å². The number of benzene rings is 1. The normalized spacial score (nSPS) is 14.5. The molecule has 0 radical (unpaired) electrons. The van der Waals surface area contributed by atoms with E-state index in [1.54, 1.807) is 0 Å². The van der Waals surface area contributed by atoms with Crippen LogP contribution in [0.4, 0.5) is 0 Å². The van der Waals surface area contributed by atoms with E-state index < -0.39 is 0 Å². The topological polar surface area (TPSA) is 35.5 Å². The lowest BCUT2D eigenvalue weighted by Gasteiger charge is -2.18. The van der Waals surface area contributed by atoms with Gasteiger partial charge in [0.25, 0.3) is 0 Å². The number of aryl methyl sites for hydroxylation is 2. The molecular formula is C10H10O3. The van der Waals surface area contributed by atoms with Crippen molar-refractivity contribution in [2.75, 3.05) is 6.61 Å². The highest BCUT2D eigenvalue weighted by Gasteiger charge is 2.20. The van der Waals surface area contributed by atoms with E-state index in [4.69, 9.17) is 9.47 Å². The molecule has 0 saturated heterocycles. The summed E-state index contributed by atoms with van der Waals surface area (Å²) in [4.78, 5) is 10.9. The molecule has 0 aliphatic carbocycles. The average Bonchev–Trinajstić information content (AvgIpc) is 2.06. The number of carbonyl (C=O) groups is 1. The van der Waals surface area contributed by atoms with Gasteiger partial charge < -0.3 is 9.47 Å². The summed E-state index contributed by atoms with van der Waals surface area (Å²) < 4.78 is 10.3. The van der Waals surface area contributed by atoms with Gasteiger partial charge in [0.05, 0.1) is 0 Å². The molecule has 0 aromatic heterocycles. The first kappa shape index (κ1) is 8.10. The lowest BCUT2D eigenvalue weighted by Crippen LogP contribution is -2.23. The zero-order valence-corrected chi connectivity index (χ0v) is 7.59. The lowest BCUT2D eigenvalue weighted by molar-refractivity contribution is -0.138. The van der Waals surface area contributed by atoms with E-state index in [0.29, 0.717) is 11.5 Å². The third-order valence-electron chi connectivity index (χ3n) is 1.95. The average molecular weight is 178 g/mol. The van der Waals surface area contributed by atoms with Crippen molar-refractivity contribution in [3.05, 3.63) is 23.3 Å². The van der Waals surface area contributed by atoms with Crippen LogP contribution in [0.2, 0.25) is 0 Å². The van der Waals surface area contributed by atoms with Crippen molar-refractivity contribution < 1.29 is 14.3 Å². The van der Waals surface area contributed by atoms with Crippen LogP contribution in [-0.4, -0.2) is 12.6 Å². The Morgan fingerprint density at radius 2 is 2.08 bits per heavy atom. The highest BCUT2D eigenvalue weighted by atomic mass is 16.6. The van der Waals surface area contributed by atoms with Gasteiger partial charge in [-0.05, 0) is 31.0 Å². The van der Waals surface area contributed by atoms with Crippen LogP contribution in [0.1, 0.15) is 11.1 Å². The Labute approximate surface area is 76.3 Å². The summed E-state index contributed by atoms with van der Waals surface area (Å²) in [6, 6.07) is 3.83. The van der Waals surface area contributed by atoms with E-state index in [1.807, 2.05) is 26.0 Å². The Morgan fingerprint density at radius 1 is 1.31 bits per heavy atom. The van der Waals surface area contributed by atoms with Gasteiger partial charge in [-0.15, -0.1) is 0 Å². The fourth-order valence-electron chi connectivity index (χ4n) is 1.43. The van der Waals surface area contributed by atoms with Gasteiger partial charge in [-0.25, -0.2) is 4.79 Å². The quantitative estimate of drug-likeness (QED) is 0.447. The molecule has 0 bridgehead atoms. The van der Waals surface area contributed by atoms with Gasteiger partial charge in [0.1, 0.15) is 0 Å². The Morgan fingerprint density at radius 3 is 2.85 bits per heavy atom. The summed E-state index contributed by atoms with van der Waals surface area (Å²) >= 11 is 0. The fourth-order valence-corrected chi connectivity index (χ4v) is 1.43. The van der Waals surface area contributed by atoms with Crippen molar-refractivity contribution in [2.24, 2.45) is 0 Å². The summed E-state index contributed by atoms with van der Waals surface area (Å²) in [5, 5.41) is 0. The molecule has 0 saturated carbocycles. The zero-order chi connectivity index (χ0) is 9.42. The maximum absolute atomic E-state index is 10.9. The van der Waals surface area contributed by atoms with Crippen LogP contribution in [0, 0.1) is 13.8 Å².